The maximum absolute atomic E-state index is 8.73. The molecule has 1 aliphatic rings. The molecular formula is C12H9N3S. The number of fused-ring (bicyclic) bond motifs is 1. The highest BCUT2D eigenvalue weighted by atomic mass is 32.2. The number of hydrogen-bond acceptors (Lipinski definition) is 3. The lowest BCUT2D eigenvalue weighted by Gasteiger charge is -2.07. The average molecular weight is 227 g/mol. The van der Waals surface area contributed by atoms with E-state index in [4.69, 9.17) is 5.26 Å². The van der Waals surface area contributed by atoms with Crippen LogP contribution in [0.1, 0.15) is 16.4 Å². The molecule has 78 valence electrons. The maximum atomic E-state index is 8.73. The summed E-state index contributed by atoms with van der Waals surface area (Å²) in [7, 11) is 0. The Morgan fingerprint density at radius 2 is 2.19 bits per heavy atom. The molecule has 0 bridgehead atoms. The van der Waals surface area contributed by atoms with Crippen molar-refractivity contribution in [3.63, 3.8) is 0 Å². The minimum atomic E-state index is 0.427. The zero-order valence-corrected chi connectivity index (χ0v) is 9.31. The third-order valence-electron chi connectivity index (χ3n) is 2.70. The smallest absolute Gasteiger partial charge is 0.168 e. The van der Waals surface area contributed by atoms with Gasteiger partial charge < -0.3 is 4.57 Å². The molecule has 0 N–H and O–H groups in total. The van der Waals surface area contributed by atoms with Crippen molar-refractivity contribution < 1.29 is 0 Å². The van der Waals surface area contributed by atoms with E-state index in [2.05, 4.69) is 15.6 Å². The molecule has 0 fully saturated rings. The largest absolute Gasteiger partial charge is 0.325 e. The van der Waals surface area contributed by atoms with E-state index in [1.54, 1.807) is 11.8 Å². The zero-order chi connectivity index (χ0) is 11.0. The van der Waals surface area contributed by atoms with Crippen LogP contribution in [-0.4, -0.2) is 9.55 Å². The van der Waals surface area contributed by atoms with Gasteiger partial charge in [-0.25, -0.2) is 4.98 Å². The number of rotatable bonds is 1. The second kappa shape index (κ2) is 3.69. The Labute approximate surface area is 97.7 Å². The first-order chi connectivity index (χ1) is 7.86. The first-order valence-electron chi connectivity index (χ1n) is 5.04. The second-order valence-electron chi connectivity index (χ2n) is 3.70. The van der Waals surface area contributed by atoms with Crippen LogP contribution >= 0.6 is 11.8 Å². The summed E-state index contributed by atoms with van der Waals surface area (Å²) in [6.07, 6.45) is 3.84. The Morgan fingerprint density at radius 1 is 1.38 bits per heavy atom. The van der Waals surface area contributed by atoms with Gasteiger partial charge >= 0.3 is 0 Å². The molecule has 0 radical (unpaired) electrons. The predicted octanol–water partition coefficient (Wildman–Crippen LogP) is 2.60. The van der Waals surface area contributed by atoms with E-state index in [1.165, 1.54) is 5.56 Å². The van der Waals surface area contributed by atoms with Crippen molar-refractivity contribution in [3.05, 3.63) is 47.8 Å². The Hall–Kier alpha value is -1.73. The molecule has 1 aliphatic heterocycles. The topological polar surface area (TPSA) is 41.6 Å². The third-order valence-corrected chi connectivity index (χ3v) is 3.96. The van der Waals surface area contributed by atoms with Crippen LogP contribution in [0.2, 0.25) is 0 Å². The number of nitrogens with zero attached hydrogens (tertiary/aromatic N) is 3. The van der Waals surface area contributed by atoms with E-state index in [1.807, 2.05) is 36.7 Å². The lowest BCUT2D eigenvalue weighted by atomic mass is 10.1. The van der Waals surface area contributed by atoms with Crippen LogP contribution in [0.15, 0.2) is 41.8 Å². The molecule has 0 saturated heterocycles. The summed E-state index contributed by atoms with van der Waals surface area (Å²) in [4.78, 5) is 4.28. The van der Waals surface area contributed by atoms with Crippen molar-refractivity contribution >= 4 is 11.8 Å². The average Bonchev–Trinajstić information content (AvgIpc) is 2.89. The van der Waals surface area contributed by atoms with Gasteiger partial charge in [-0.2, -0.15) is 5.26 Å². The molecule has 1 atom stereocenters. The van der Waals surface area contributed by atoms with Gasteiger partial charge in [-0.1, -0.05) is 23.9 Å². The van der Waals surface area contributed by atoms with E-state index in [9.17, 15) is 0 Å². The monoisotopic (exact) mass is 227 g/mol. The minimum absolute atomic E-state index is 0.427. The molecule has 16 heavy (non-hydrogen) atoms. The van der Waals surface area contributed by atoms with Crippen molar-refractivity contribution in [2.45, 2.75) is 17.0 Å². The molecular weight excluding hydrogens is 218 g/mol. The fourth-order valence-corrected chi connectivity index (χ4v) is 3.02. The highest BCUT2D eigenvalue weighted by Gasteiger charge is 2.23. The Morgan fingerprint density at radius 3 is 2.88 bits per heavy atom. The fraction of sp³-hybridized carbons (Fsp3) is 0.167. The molecule has 1 aromatic heterocycles. The van der Waals surface area contributed by atoms with Crippen molar-refractivity contribution in [3.8, 4) is 6.07 Å². The van der Waals surface area contributed by atoms with E-state index in [-0.39, 0.29) is 0 Å². The molecule has 4 heteroatoms. The number of thioether (sulfide) groups is 1. The lowest BCUT2D eigenvalue weighted by Crippen LogP contribution is -1.97. The number of nitriles is 1. The van der Waals surface area contributed by atoms with E-state index >= 15 is 0 Å². The van der Waals surface area contributed by atoms with Gasteiger partial charge in [0.1, 0.15) is 0 Å². The minimum Gasteiger partial charge on any atom is -0.325 e. The van der Waals surface area contributed by atoms with Gasteiger partial charge in [0.2, 0.25) is 0 Å². The number of aromatic nitrogens is 2. The molecule has 3 rings (SSSR count). The van der Waals surface area contributed by atoms with Gasteiger partial charge in [0, 0.05) is 18.9 Å². The summed E-state index contributed by atoms with van der Waals surface area (Å²) in [5, 5.41) is 10.2. The predicted molar refractivity (Wildman–Crippen MR) is 62.0 cm³/mol. The Balaban J connectivity index is 1.85. The first-order valence-corrected chi connectivity index (χ1v) is 5.92. The molecule has 2 heterocycles. The van der Waals surface area contributed by atoms with Gasteiger partial charge in [0.15, 0.2) is 5.16 Å². The van der Waals surface area contributed by atoms with Gasteiger partial charge in [-0.3, -0.25) is 0 Å². The highest BCUT2D eigenvalue weighted by Crippen LogP contribution is 2.41. The fourth-order valence-electron chi connectivity index (χ4n) is 1.84. The molecule has 2 aromatic rings. The summed E-state index contributed by atoms with van der Waals surface area (Å²) in [5.41, 5.74) is 1.97. The van der Waals surface area contributed by atoms with Crippen molar-refractivity contribution in [1.29, 1.82) is 5.26 Å². The second-order valence-corrected chi connectivity index (χ2v) is 4.87. The molecule has 0 amide bonds. The number of benzene rings is 1. The Bertz CT molecular complexity index is 530. The van der Waals surface area contributed by atoms with E-state index in [0.717, 1.165) is 11.7 Å². The normalized spacial score (nSPS) is 18.1. The van der Waals surface area contributed by atoms with Gasteiger partial charge in [0.05, 0.1) is 16.9 Å². The van der Waals surface area contributed by atoms with E-state index in [0.29, 0.717) is 10.8 Å². The summed E-state index contributed by atoms with van der Waals surface area (Å²) in [6.45, 7) is 0.964. The van der Waals surface area contributed by atoms with Crippen molar-refractivity contribution in [2.75, 3.05) is 0 Å². The molecule has 1 aromatic carbocycles. The van der Waals surface area contributed by atoms with Crippen LogP contribution in [0.5, 0.6) is 0 Å². The lowest BCUT2D eigenvalue weighted by molar-refractivity contribution is 0.663. The van der Waals surface area contributed by atoms with Crippen LogP contribution in [0.25, 0.3) is 0 Å². The molecule has 0 spiro atoms. The molecule has 1 unspecified atom stereocenters. The number of hydrogen-bond donors (Lipinski definition) is 0. The van der Waals surface area contributed by atoms with Gasteiger partial charge in [-0.05, 0) is 17.7 Å². The van der Waals surface area contributed by atoms with Gasteiger partial charge in [-0.15, -0.1) is 0 Å². The zero-order valence-electron chi connectivity index (χ0n) is 8.50. The SMILES string of the molecule is N#Cc1ccc(C2Cn3ccnc3S2)cc1. The van der Waals surface area contributed by atoms with E-state index < -0.39 is 0 Å². The number of imidazole rings is 1. The summed E-state index contributed by atoms with van der Waals surface area (Å²) in [6, 6.07) is 9.94. The van der Waals surface area contributed by atoms with Crippen LogP contribution in [0.4, 0.5) is 0 Å². The van der Waals surface area contributed by atoms with Crippen LogP contribution in [0, 0.1) is 11.3 Å². The molecule has 0 saturated carbocycles. The standard InChI is InChI=1S/C12H9N3S/c13-7-9-1-3-10(4-2-9)11-8-15-6-5-14-12(15)16-11/h1-6,11H,8H2. The van der Waals surface area contributed by atoms with Crippen molar-refractivity contribution in [1.82, 2.24) is 9.55 Å². The summed E-state index contributed by atoms with van der Waals surface area (Å²) < 4.78 is 2.16. The summed E-state index contributed by atoms with van der Waals surface area (Å²) in [5.74, 6) is 0. The quantitative estimate of drug-likeness (QED) is 0.752. The van der Waals surface area contributed by atoms with Crippen LogP contribution in [0.3, 0.4) is 0 Å². The Kier molecular flexibility index (Phi) is 2.19. The van der Waals surface area contributed by atoms with Crippen LogP contribution in [-0.2, 0) is 6.54 Å². The molecule has 0 aliphatic carbocycles. The highest BCUT2D eigenvalue weighted by molar-refractivity contribution is 7.99. The summed E-state index contributed by atoms with van der Waals surface area (Å²) >= 11 is 1.78. The van der Waals surface area contributed by atoms with Gasteiger partial charge in [0.25, 0.3) is 0 Å². The van der Waals surface area contributed by atoms with Crippen molar-refractivity contribution in [2.24, 2.45) is 0 Å². The third kappa shape index (κ3) is 1.50. The maximum Gasteiger partial charge on any atom is 0.168 e. The van der Waals surface area contributed by atoms with Crippen LogP contribution < -0.4 is 0 Å². The molecule has 3 nitrogen and oxygen atoms in total. The first kappa shape index (κ1) is 9.49.